The normalized spacial score (nSPS) is 21.9. The zero-order chi connectivity index (χ0) is 10.8. The van der Waals surface area contributed by atoms with Crippen LogP contribution in [0.4, 0.5) is 0 Å². The molecule has 82 valence electrons. The van der Waals surface area contributed by atoms with E-state index >= 15 is 0 Å². The molecule has 0 atom stereocenters. The quantitative estimate of drug-likeness (QED) is 0.729. The summed E-state index contributed by atoms with van der Waals surface area (Å²) in [6.07, 6.45) is 2.42. The predicted octanol–water partition coefficient (Wildman–Crippen LogP) is 1.88. The van der Waals surface area contributed by atoms with Crippen molar-refractivity contribution in [1.29, 1.82) is 0 Å². The Bertz CT molecular complexity index is 217. The lowest BCUT2D eigenvalue weighted by Crippen LogP contribution is -2.50. The first kappa shape index (κ1) is 11.5. The largest absolute Gasteiger partial charge is 0.481 e. The van der Waals surface area contributed by atoms with E-state index < -0.39 is 11.4 Å². The number of piperidine rings is 1. The highest BCUT2D eigenvalue weighted by molar-refractivity contribution is 5.76. The maximum atomic E-state index is 11.5. The number of hydrogen-bond acceptors (Lipinski definition) is 2. The third kappa shape index (κ3) is 1.65. The van der Waals surface area contributed by atoms with Crippen LogP contribution in [0.15, 0.2) is 0 Å². The molecule has 1 saturated heterocycles. The molecule has 0 unspecified atom stereocenters. The smallest absolute Gasteiger partial charge is 0.310 e. The molecule has 2 N–H and O–H groups in total. The highest BCUT2D eigenvalue weighted by Crippen LogP contribution is 2.48. The molecular formula is C11H21NO2. The van der Waals surface area contributed by atoms with Crippen molar-refractivity contribution >= 4 is 5.97 Å². The number of carbonyl (C=O) groups is 1. The van der Waals surface area contributed by atoms with Crippen LogP contribution in [0, 0.1) is 10.8 Å². The van der Waals surface area contributed by atoms with Gasteiger partial charge in [-0.2, -0.15) is 0 Å². The first-order valence-corrected chi connectivity index (χ1v) is 5.40. The summed E-state index contributed by atoms with van der Waals surface area (Å²) in [5.74, 6) is -0.620. The molecule has 1 heterocycles. The third-order valence-electron chi connectivity index (χ3n) is 4.05. The molecule has 0 aromatic carbocycles. The minimum Gasteiger partial charge on any atom is -0.481 e. The Kier molecular flexibility index (Phi) is 3.20. The van der Waals surface area contributed by atoms with Gasteiger partial charge in [-0.15, -0.1) is 0 Å². The van der Waals surface area contributed by atoms with Crippen molar-refractivity contribution in [2.75, 3.05) is 13.1 Å². The van der Waals surface area contributed by atoms with Gasteiger partial charge in [0.05, 0.1) is 5.41 Å². The van der Waals surface area contributed by atoms with E-state index in [1.807, 2.05) is 0 Å². The van der Waals surface area contributed by atoms with Crippen molar-refractivity contribution in [3.8, 4) is 0 Å². The topological polar surface area (TPSA) is 49.3 Å². The van der Waals surface area contributed by atoms with Crippen molar-refractivity contribution in [1.82, 2.24) is 5.32 Å². The maximum absolute atomic E-state index is 11.5. The number of hydrogen-bond donors (Lipinski definition) is 2. The fourth-order valence-corrected chi connectivity index (χ4v) is 2.37. The van der Waals surface area contributed by atoms with Gasteiger partial charge in [0.2, 0.25) is 0 Å². The second kappa shape index (κ2) is 3.89. The van der Waals surface area contributed by atoms with E-state index in [2.05, 4.69) is 26.1 Å². The van der Waals surface area contributed by atoms with Gasteiger partial charge in [0.1, 0.15) is 0 Å². The van der Waals surface area contributed by atoms with E-state index in [-0.39, 0.29) is 5.41 Å². The van der Waals surface area contributed by atoms with Gasteiger partial charge < -0.3 is 10.4 Å². The molecule has 1 aliphatic rings. The van der Waals surface area contributed by atoms with E-state index in [1.54, 1.807) is 0 Å². The van der Waals surface area contributed by atoms with Crippen molar-refractivity contribution in [2.45, 2.75) is 40.0 Å². The maximum Gasteiger partial charge on any atom is 0.310 e. The predicted molar refractivity (Wildman–Crippen MR) is 56.2 cm³/mol. The van der Waals surface area contributed by atoms with E-state index in [0.717, 1.165) is 32.4 Å². The van der Waals surface area contributed by atoms with Crippen LogP contribution in [0.5, 0.6) is 0 Å². The van der Waals surface area contributed by atoms with Crippen molar-refractivity contribution < 1.29 is 9.90 Å². The van der Waals surface area contributed by atoms with Gasteiger partial charge in [-0.25, -0.2) is 0 Å². The van der Waals surface area contributed by atoms with Crippen molar-refractivity contribution in [3.63, 3.8) is 0 Å². The van der Waals surface area contributed by atoms with Gasteiger partial charge in [0.15, 0.2) is 0 Å². The molecule has 1 fully saturated rings. The molecule has 0 aromatic rings. The molecule has 0 bridgehead atoms. The second-order valence-electron chi connectivity index (χ2n) is 4.87. The summed E-state index contributed by atoms with van der Waals surface area (Å²) in [4.78, 5) is 11.5. The summed E-state index contributed by atoms with van der Waals surface area (Å²) >= 11 is 0. The first-order chi connectivity index (χ1) is 6.46. The van der Waals surface area contributed by atoms with Crippen LogP contribution in [0.2, 0.25) is 0 Å². The van der Waals surface area contributed by atoms with Crippen LogP contribution in [-0.4, -0.2) is 24.2 Å². The lowest BCUT2D eigenvalue weighted by atomic mass is 9.59. The minimum absolute atomic E-state index is 0.110. The van der Waals surface area contributed by atoms with E-state index in [4.69, 9.17) is 0 Å². The van der Waals surface area contributed by atoms with Crippen LogP contribution in [-0.2, 0) is 4.79 Å². The van der Waals surface area contributed by atoms with Crippen LogP contribution in [0.3, 0.4) is 0 Å². The molecule has 0 spiro atoms. The standard InChI is InChI=1S/C11H21NO2/c1-4-10(2,3)11(9(13)14)5-7-12-8-6-11/h12H,4-8H2,1-3H3,(H,13,14). The Hall–Kier alpha value is -0.570. The molecule has 14 heavy (non-hydrogen) atoms. The second-order valence-corrected chi connectivity index (χ2v) is 4.87. The average molecular weight is 199 g/mol. The summed E-state index contributed by atoms with van der Waals surface area (Å²) in [6.45, 7) is 7.89. The van der Waals surface area contributed by atoms with Gasteiger partial charge in [0.25, 0.3) is 0 Å². The third-order valence-corrected chi connectivity index (χ3v) is 4.05. The van der Waals surface area contributed by atoms with Gasteiger partial charge in [-0.1, -0.05) is 20.8 Å². The highest BCUT2D eigenvalue weighted by atomic mass is 16.4. The van der Waals surface area contributed by atoms with Gasteiger partial charge in [0, 0.05) is 0 Å². The molecular weight excluding hydrogens is 178 g/mol. The molecule has 3 heteroatoms. The molecule has 1 rings (SSSR count). The summed E-state index contributed by atoms with van der Waals surface area (Å²) < 4.78 is 0. The fraction of sp³-hybridized carbons (Fsp3) is 0.909. The summed E-state index contributed by atoms with van der Waals surface area (Å²) in [6, 6.07) is 0. The van der Waals surface area contributed by atoms with Crippen molar-refractivity contribution in [2.24, 2.45) is 10.8 Å². The Balaban J connectivity index is 2.97. The number of carboxylic acid groups (broad SMARTS) is 1. The first-order valence-electron chi connectivity index (χ1n) is 5.40. The van der Waals surface area contributed by atoms with Crippen molar-refractivity contribution in [3.05, 3.63) is 0 Å². The van der Waals surface area contributed by atoms with E-state index in [9.17, 15) is 9.90 Å². The van der Waals surface area contributed by atoms with Crippen LogP contribution in [0.25, 0.3) is 0 Å². The molecule has 1 aliphatic heterocycles. The molecule has 3 nitrogen and oxygen atoms in total. The molecule has 0 aromatic heterocycles. The summed E-state index contributed by atoms with van der Waals surface area (Å²) in [5, 5.41) is 12.7. The Labute approximate surface area is 85.9 Å². The lowest BCUT2D eigenvalue weighted by Gasteiger charge is -2.45. The minimum atomic E-state index is -0.620. The molecule has 0 aliphatic carbocycles. The lowest BCUT2D eigenvalue weighted by molar-refractivity contribution is -0.160. The molecule has 0 amide bonds. The number of rotatable bonds is 3. The average Bonchev–Trinajstić information content (AvgIpc) is 2.18. The van der Waals surface area contributed by atoms with E-state index in [1.165, 1.54) is 0 Å². The SMILES string of the molecule is CCC(C)(C)C1(C(=O)O)CCNCC1. The Morgan fingerprint density at radius 3 is 2.29 bits per heavy atom. The van der Waals surface area contributed by atoms with E-state index in [0.29, 0.717) is 0 Å². The monoisotopic (exact) mass is 199 g/mol. The van der Waals surface area contributed by atoms with Crippen LogP contribution in [0.1, 0.15) is 40.0 Å². The number of aliphatic carboxylic acids is 1. The highest BCUT2D eigenvalue weighted by Gasteiger charge is 2.50. The number of nitrogens with one attached hydrogen (secondary N) is 1. The zero-order valence-electron chi connectivity index (χ0n) is 9.39. The zero-order valence-corrected chi connectivity index (χ0v) is 9.39. The van der Waals surface area contributed by atoms with Gasteiger partial charge in [-0.05, 0) is 37.8 Å². The summed E-state index contributed by atoms with van der Waals surface area (Å²) in [5.41, 5.74) is -0.631. The molecule has 0 saturated carbocycles. The number of carboxylic acids is 1. The Morgan fingerprint density at radius 1 is 1.43 bits per heavy atom. The summed E-state index contributed by atoms with van der Waals surface area (Å²) in [7, 11) is 0. The molecule has 0 radical (unpaired) electrons. The Morgan fingerprint density at radius 2 is 1.93 bits per heavy atom. The van der Waals surface area contributed by atoms with Crippen LogP contribution < -0.4 is 5.32 Å². The fourth-order valence-electron chi connectivity index (χ4n) is 2.37. The van der Waals surface area contributed by atoms with Gasteiger partial charge >= 0.3 is 5.97 Å². The van der Waals surface area contributed by atoms with Gasteiger partial charge in [-0.3, -0.25) is 4.79 Å². The van der Waals surface area contributed by atoms with Crippen LogP contribution >= 0.6 is 0 Å².